The lowest BCUT2D eigenvalue weighted by Crippen LogP contribution is -2.38. The Labute approximate surface area is 120 Å². The van der Waals surface area contributed by atoms with Crippen LogP contribution < -0.4 is 4.90 Å². The summed E-state index contributed by atoms with van der Waals surface area (Å²) in [6, 6.07) is 2.74. The molecule has 2 unspecified atom stereocenters. The van der Waals surface area contributed by atoms with Crippen molar-refractivity contribution < 1.29 is 27.8 Å². The first-order valence-electron chi connectivity index (χ1n) is 6.59. The molecule has 4 nitrogen and oxygen atoms in total. The fraction of sp³-hybridized carbons (Fsp3) is 0.500. The van der Waals surface area contributed by atoms with Crippen molar-refractivity contribution in [1.82, 2.24) is 0 Å². The number of aliphatic hydroxyl groups excluding tert-OH is 1. The van der Waals surface area contributed by atoms with Gasteiger partial charge in [-0.25, -0.2) is 4.79 Å². The summed E-state index contributed by atoms with van der Waals surface area (Å²) in [4.78, 5) is 13.2. The Morgan fingerprint density at radius 1 is 1.43 bits per heavy atom. The quantitative estimate of drug-likeness (QED) is 0.913. The van der Waals surface area contributed by atoms with Gasteiger partial charge < -0.3 is 9.84 Å². The minimum absolute atomic E-state index is 0.125. The maximum absolute atomic E-state index is 12.8. The van der Waals surface area contributed by atoms with Crippen LogP contribution in [0.1, 0.15) is 30.9 Å². The highest BCUT2D eigenvalue weighted by Gasteiger charge is 2.41. The molecule has 1 heterocycles. The highest BCUT2D eigenvalue weighted by molar-refractivity contribution is 5.92. The van der Waals surface area contributed by atoms with Gasteiger partial charge in [-0.3, -0.25) is 4.90 Å². The van der Waals surface area contributed by atoms with E-state index in [1.807, 2.05) is 0 Å². The van der Waals surface area contributed by atoms with Crippen LogP contribution in [0.15, 0.2) is 18.2 Å². The van der Waals surface area contributed by atoms with Gasteiger partial charge in [0.15, 0.2) is 0 Å². The van der Waals surface area contributed by atoms with E-state index in [4.69, 9.17) is 4.74 Å². The molecule has 2 rings (SSSR count). The van der Waals surface area contributed by atoms with Crippen molar-refractivity contribution in [2.75, 3.05) is 18.1 Å². The summed E-state index contributed by atoms with van der Waals surface area (Å²) in [6.07, 6.45) is -5.20. The topological polar surface area (TPSA) is 49.8 Å². The fourth-order valence-electron chi connectivity index (χ4n) is 2.61. The van der Waals surface area contributed by atoms with Crippen LogP contribution in [0.25, 0.3) is 0 Å². The van der Waals surface area contributed by atoms with Crippen molar-refractivity contribution >= 4 is 11.8 Å². The average Bonchev–Trinajstić information content (AvgIpc) is 2.68. The third-order valence-electron chi connectivity index (χ3n) is 3.67. The van der Waals surface area contributed by atoms with Crippen LogP contribution in [0.5, 0.6) is 0 Å². The lowest BCUT2D eigenvalue weighted by Gasteiger charge is -2.24. The number of aliphatic hydroxyl groups is 1. The van der Waals surface area contributed by atoms with E-state index in [2.05, 4.69) is 0 Å². The predicted octanol–water partition coefficient (Wildman–Crippen LogP) is 3.15. The molecular formula is C14H16F3NO3. The molecule has 1 aromatic rings. The highest BCUT2D eigenvalue weighted by Crippen LogP contribution is 2.43. The number of hydrogen-bond donors (Lipinski definition) is 1. The zero-order chi connectivity index (χ0) is 15.8. The van der Waals surface area contributed by atoms with Crippen molar-refractivity contribution in [3.05, 3.63) is 29.3 Å². The van der Waals surface area contributed by atoms with Crippen molar-refractivity contribution in [1.29, 1.82) is 0 Å². The molecule has 1 N–H and O–H groups in total. The Bertz CT molecular complexity index is 545. The van der Waals surface area contributed by atoms with Crippen molar-refractivity contribution in [2.24, 2.45) is 0 Å². The number of carbonyl (C=O) groups is 1. The summed E-state index contributed by atoms with van der Waals surface area (Å²) in [5, 5.41) is 9.44. The van der Waals surface area contributed by atoms with Gasteiger partial charge in [-0.15, -0.1) is 0 Å². The monoisotopic (exact) mass is 303 g/mol. The Hall–Kier alpha value is -1.76. The van der Waals surface area contributed by atoms with Crippen LogP contribution in [0, 0.1) is 0 Å². The molecule has 1 aromatic carbocycles. The lowest BCUT2D eigenvalue weighted by atomic mass is 9.96. The molecule has 7 heteroatoms. The summed E-state index contributed by atoms with van der Waals surface area (Å²) in [7, 11) is 0. The third kappa shape index (κ3) is 2.70. The van der Waals surface area contributed by atoms with Crippen LogP contribution in [0.2, 0.25) is 0 Å². The molecular weight excluding hydrogens is 287 g/mol. The molecule has 0 radical (unpaired) electrons. The second-order valence-corrected chi connectivity index (χ2v) is 4.87. The number of ether oxygens (including phenoxy) is 1. The van der Waals surface area contributed by atoms with Gasteiger partial charge in [0.25, 0.3) is 0 Å². The summed E-state index contributed by atoms with van der Waals surface area (Å²) in [5.74, 6) is -0.424. The molecule has 0 aliphatic carbocycles. The number of halogens is 3. The second-order valence-electron chi connectivity index (χ2n) is 4.87. The molecule has 21 heavy (non-hydrogen) atoms. The zero-order valence-electron chi connectivity index (χ0n) is 11.6. The van der Waals surface area contributed by atoms with Gasteiger partial charge in [0.2, 0.25) is 0 Å². The van der Waals surface area contributed by atoms with Gasteiger partial charge in [-0.2, -0.15) is 13.2 Å². The van der Waals surface area contributed by atoms with Crippen molar-refractivity contribution in [2.45, 2.75) is 32.0 Å². The van der Waals surface area contributed by atoms with Crippen LogP contribution >= 0.6 is 0 Å². The molecule has 0 spiro atoms. The maximum Gasteiger partial charge on any atom is 0.416 e. The Morgan fingerprint density at radius 3 is 2.62 bits per heavy atom. The number of benzene rings is 1. The standard InChI is InChI=1S/C14H16F3NO3/c1-3-21-13(20)18-8(2)11(7-19)10-5-4-9(6-12(10)18)14(15,16)17/h4-6,8,11,19H,3,7H2,1-2H3. The number of amides is 1. The average molecular weight is 303 g/mol. The smallest absolute Gasteiger partial charge is 0.416 e. The van der Waals surface area contributed by atoms with Crippen LogP contribution in [-0.2, 0) is 10.9 Å². The first kappa shape index (κ1) is 15.6. The van der Waals surface area contributed by atoms with Gasteiger partial charge in [0.05, 0.1) is 24.5 Å². The minimum Gasteiger partial charge on any atom is -0.449 e. The molecule has 0 bridgehead atoms. The molecule has 0 saturated carbocycles. The molecule has 1 aliphatic heterocycles. The normalized spacial score (nSPS) is 21.3. The predicted molar refractivity (Wildman–Crippen MR) is 70.2 cm³/mol. The van der Waals surface area contributed by atoms with Crippen molar-refractivity contribution in [3.8, 4) is 0 Å². The first-order chi connectivity index (χ1) is 9.81. The summed E-state index contributed by atoms with van der Waals surface area (Å²) >= 11 is 0. The number of fused-ring (bicyclic) bond motifs is 1. The first-order valence-corrected chi connectivity index (χ1v) is 6.59. The van der Waals surface area contributed by atoms with E-state index < -0.39 is 29.8 Å². The number of carbonyl (C=O) groups excluding carboxylic acids is 1. The van der Waals surface area contributed by atoms with Crippen LogP contribution in [0.3, 0.4) is 0 Å². The zero-order valence-corrected chi connectivity index (χ0v) is 11.6. The third-order valence-corrected chi connectivity index (χ3v) is 3.67. The summed E-state index contributed by atoms with van der Waals surface area (Å²) in [6.45, 7) is 3.16. The van der Waals surface area contributed by atoms with Crippen LogP contribution in [-0.4, -0.2) is 30.5 Å². The van der Waals surface area contributed by atoms with Crippen LogP contribution in [0.4, 0.5) is 23.7 Å². The van der Waals surface area contributed by atoms with Gasteiger partial charge in [0.1, 0.15) is 0 Å². The van der Waals surface area contributed by atoms with E-state index in [1.165, 1.54) is 11.0 Å². The SMILES string of the molecule is CCOC(=O)N1c2cc(C(F)(F)F)ccc2C(CO)C1C. The van der Waals surface area contributed by atoms with Gasteiger partial charge in [0, 0.05) is 12.0 Å². The minimum atomic E-state index is -4.49. The number of nitrogens with zero attached hydrogens (tertiary/aromatic N) is 1. The van der Waals surface area contributed by atoms with Gasteiger partial charge >= 0.3 is 12.3 Å². The molecule has 1 aliphatic rings. The van der Waals surface area contributed by atoms with E-state index in [1.54, 1.807) is 13.8 Å². The summed E-state index contributed by atoms with van der Waals surface area (Å²) < 4.78 is 43.4. The second kappa shape index (κ2) is 5.55. The van der Waals surface area contributed by atoms with E-state index in [9.17, 15) is 23.1 Å². The molecule has 116 valence electrons. The largest absolute Gasteiger partial charge is 0.449 e. The Morgan fingerprint density at radius 2 is 2.10 bits per heavy atom. The van der Waals surface area contributed by atoms with Gasteiger partial charge in [-0.05, 0) is 31.5 Å². The van der Waals surface area contributed by atoms with E-state index in [0.717, 1.165) is 12.1 Å². The molecule has 2 atom stereocenters. The Kier molecular flexibility index (Phi) is 4.13. The number of anilines is 1. The number of rotatable bonds is 2. The number of hydrogen-bond acceptors (Lipinski definition) is 3. The molecule has 0 fully saturated rings. The molecule has 0 aromatic heterocycles. The lowest BCUT2D eigenvalue weighted by molar-refractivity contribution is -0.137. The Balaban J connectivity index is 2.50. The number of alkyl halides is 3. The van der Waals surface area contributed by atoms with E-state index in [0.29, 0.717) is 5.56 Å². The molecule has 0 saturated heterocycles. The van der Waals surface area contributed by atoms with E-state index >= 15 is 0 Å². The van der Waals surface area contributed by atoms with Crippen molar-refractivity contribution in [3.63, 3.8) is 0 Å². The fourth-order valence-corrected chi connectivity index (χ4v) is 2.61. The maximum atomic E-state index is 12.8. The molecule has 1 amide bonds. The highest BCUT2D eigenvalue weighted by atomic mass is 19.4. The summed E-state index contributed by atoms with van der Waals surface area (Å²) in [5.41, 5.74) is -0.165. The van der Waals surface area contributed by atoms with Gasteiger partial charge in [-0.1, -0.05) is 6.07 Å². The van der Waals surface area contributed by atoms with E-state index in [-0.39, 0.29) is 18.9 Å².